The number of esters is 1. The number of aromatic nitrogens is 4. The highest BCUT2D eigenvalue weighted by molar-refractivity contribution is 8.00. The number of thioether (sulfide) groups is 1. The summed E-state index contributed by atoms with van der Waals surface area (Å²) < 4.78 is 9.66. The number of carbonyl (C=O) groups is 1. The first-order chi connectivity index (χ1) is 15.5. The number of carbonyl (C=O) groups excluding carboxylic acids is 1. The van der Waals surface area contributed by atoms with Crippen LogP contribution in [0.1, 0.15) is 12.1 Å². The second-order valence-corrected chi connectivity index (χ2v) is 8.69. The molecule has 0 N–H and O–H groups in total. The number of cyclic esters (lactones) is 1. The first kappa shape index (κ1) is 20.3. The summed E-state index contributed by atoms with van der Waals surface area (Å²) in [7, 11) is 1.77. The van der Waals surface area contributed by atoms with Crippen LogP contribution in [0.25, 0.3) is 22.3 Å². The molecule has 0 aliphatic carbocycles. The van der Waals surface area contributed by atoms with Gasteiger partial charge in [-0.2, -0.15) is 0 Å². The second kappa shape index (κ2) is 7.83. The molecule has 3 heterocycles. The van der Waals surface area contributed by atoms with E-state index in [0.29, 0.717) is 40.5 Å². The molecule has 9 heteroatoms. The third kappa shape index (κ3) is 3.16. The van der Waals surface area contributed by atoms with Gasteiger partial charge in [-0.1, -0.05) is 42.1 Å². The number of fused-ring (bicyclic) bond motifs is 1. The van der Waals surface area contributed by atoms with Gasteiger partial charge in [0.05, 0.1) is 28.9 Å². The van der Waals surface area contributed by atoms with Crippen LogP contribution in [0.3, 0.4) is 0 Å². The molecule has 1 aliphatic heterocycles. The van der Waals surface area contributed by atoms with Gasteiger partial charge in [0.2, 0.25) is 0 Å². The van der Waals surface area contributed by atoms with Gasteiger partial charge < -0.3 is 4.74 Å². The molecule has 0 spiro atoms. The molecule has 162 valence electrons. The number of benzene rings is 2. The molecule has 0 saturated carbocycles. The molecule has 4 aromatic rings. The standard InChI is InChI=1S/C23H20N4O4S/c1-14-19(21(29)27(25(14)2)15-8-4-3-5-9-15)26-20(28)16-10-6-7-11-17(16)24-23(26)32-18-12-13-31-22(18)30/h3-11,18H,12-13H2,1-2H3. The fraction of sp³-hybridized carbons (Fsp3) is 0.217. The SMILES string of the molecule is Cc1c(-n2c(SC3CCOC3=O)nc3ccccc3c2=O)c(=O)n(-c2ccccc2)n1C. The summed E-state index contributed by atoms with van der Waals surface area (Å²) >= 11 is 1.16. The minimum atomic E-state index is -0.477. The average Bonchev–Trinajstić information content (AvgIpc) is 3.29. The highest BCUT2D eigenvalue weighted by Gasteiger charge is 2.31. The number of para-hydroxylation sites is 2. The molecular formula is C23H20N4O4S. The van der Waals surface area contributed by atoms with E-state index in [1.54, 1.807) is 42.9 Å². The maximum Gasteiger partial charge on any atom is 0.319 e. The van der Waals surface area contributed by atoms with Crippen molar-refractivity contribution in [2.24, 2.45) is 7.05 Å². The van der Waals surface area contributed by atoms with E-state index in [2.05, 4.69) is 4.98 Å². The second-order valence-electron chi connectivity index (χ2n) is 7.52. The molecule has 1 atom stereocenters. The third-order valence-electron chi connectivity index (χ3n) is 5.63. The van der Waals surface area contributed by atoms with E-state index in [1.165, 1.54) is 9.25 Å². The topological polar surface area (TPSA) is 88.1 Å². The van der Waals surface area contributed by atoms with E-state index >= 15 is 0 Å². The third-order valence-corrected chi connectivity index (χ3v) is 6.82. The fourth-order valence-electron chi connectivity index (χ4n) is 3.91. The molecule has 1 unspecified atom stereocenters. The quantitative estimate of drug-likeness (QED) is 0.352. The Morgan fingerprint density at radius 3 is 2.44 bits per heavy atom. The fourth-order valence-corrected chi connectivity index (χ4v) is 4.98. The van der Waals surface area contributed by atoms with Crippen molar-refractivity contribution < 1.29 is 9.53 Å². The van der Waals surface area contributed by atoms with Crippen molar-refractivity contribution in [3.63, 3.8) is 0 Å². The molecule has 8 nitrogen and oxygen atoms in total. The summed E-state index contributed by atoms with van der Waals surface area (Å²) in [5.41, 5.74) is 1.33. The Morgan fingerprint density at radius 1 is 1.00 bits per heavy atom. The normalized spacial score (nSPS) is 15.9. The smallest absolute Gasteiger partial charge is 0.319 e. The first-order valence-corrected chi connectivity index (χ1v) is 11.0. The lowest BCUT2D eigenvalue weighted by Crippen LogP contribution is -2.29. The van der Waals surface area contributed by atoms with Gasteiger partial charge in [-0.15, -0.1) is 0 Å². The Hall–Kier alpha value is -3.59. The largest absolute Gasteiger partial charge is 0.465 e. The number of nitrogens with zero attached hydrogens (tertiary/aromatic N) is 4. The van der Waals surface area contributed by atoms with Crippen LogP contribution in [0.5, 0.6) is 0 Å². The molecular weight excluding hydrogens is 428 g/mol. The Morgan fingerprint density at radius 2 is 1.72 bits per heavy atom. The van der Waals surface area contributed by atoms with Gasteiger partial charge in [0.15, 0.2) is 5.16 Å². The number of hydrogen-bond donors (Lipinski definition) is 0. The van der Waals surface area contributed by atoms with E-state index in [4.69, 9.17) is 4.74 Å². The van der Waals surface area contributed by atoms with Gasteiger partial charge in [-0.3, -0.25) is 19.1 Å². The van der Waals surface area contributed by atoms with Crippen LogP contribution < -0.4 is 11.1 Å². The van der Waals surface area contributed by atoms with E-state index < -0.39 is 5.25 Å². The van der Waals surface area contributed by atoms with Crippen LogP contribution in [0, 0.1) is 6.92 Å². The van der Waals surface area contributed by atoms with Gasteiger partial charge in [0, 0.05) is 13.5 Å². The molecule has 0 radical (unpaired) electrons. The molecule has 1 saturated heterocycles. The Bertz CT molecular complexity index is 1470. The van der Waals surface area contributed by atoms with E-state index in [0.717, 1.165) is 11.8 Å². The molecule has 32 heavy (non-hydrogen) atoms. The molecule has 2 aromatic heterocycles. The first-order valence-electron chi connectivity index (χ1n) is 10.2. The van der Waals surface area contributed by atoms with Crippen LogP contribution in [0.4, 0.5) is 0 Å². The summed E-state index contributed by atoms with van der Waals surface area (Å²) in [6.45, 7) is 2.12. The van der Waals surface area contributed by atoms with Crippen molar-refractivity contribution in [2.45, 2.75) is 23.8 Å². The highest BCUT2D eigenvalue weighted by atomic mass is 32.2. The van der Waals surface area contributed by atoms with Crippen LogP contribution in [0.15, 0.2) is 69.3 Å². The molecule has 2 aromatic carbocycles. The van der Waals surface area contributed by atoms with Gasteiger partial charge in [0.25, 0.3) is 11.1 Å². The zero-order chi connectivity index (χ0) is 22.4. The highest BCUT2D eigenvalue weighted by Crippen LogP contribution is 2.30. The maximum atomic E-state index is 13.6. The van der Waals surface area contributed by atoms with E-state index in [-0.39, 0.29) is 22.8 Å². The average molecular weight is 449 g/mol. The van der Waals surface area contributed by atoms with Crippen LogP contribution in [-0.2, 0) is 16.6 Å². The summed E-state index contributed by atoms with van der Waals surface area (Å²) in [6.07, 6.45) is 0.522. The van der Waals surface area contributed by atoms with Crippen LogP contribution >= 0.6 is 11.8 Å². The van der Waals surface area contributed by atoms with Gasteiger partial charge in [-0.05, 0) is 31.2 Å². The van der Waals surface area contributed by atoms with Crippen molar-refractivity contribution in [1.29, 1.82) is 0 Å². The molecule has 0 bridgehead atoms. The monoisotopic (exact) mass is 448 g/mol. The van der Waals surface area contributed by atoms with Crippen LogP contribution in [0.2, 0.25) is 0 Å². The van der Waals surface area contributed by atoms with E-state index in [1.807, 2.05) is 30.3 Å². The minimum Gasteiger partial charge on any atom is -0.465 e. The van der Waals surface area contributed by atoms with Gasteiger partial charge in [0.1, 0.15) is 10.9 Å². The lowest BCUT2D eigenvalue weighted by atomic mass is 10.2. The molecule has 1 fully saturated rings. The zero-order valence-corrected chi connectivity index (χ0v) is 18.3. The Kier molecular flexibility index (Phi) is 4.97. The van der Waals surface area contributed by atoms with E-state index in [9.17, 15) is 14.4 Å². The van der Waals surface area contributed by atoms with Crippen LogP contribution in [-0.4, -0.2) is 36.7 Å². The summed E-state index contributed by atoms with van der Waals surface area (Å²) in [5, 5.41) is 0.220. The van der Waals surface area contributed by atoms with Gasteiger partial charge >= 0.3 is 5.97 Å². The van der Waals surface area contributed by atoms with Crippen molar-refractivity contribution in [1.82, 2.24) is 18.9 Å². The lowest BCUT2D eigenvalue weighted by molar-refractivity contribution is -0.137. The Balaban J connectivity index is 1.80. The van der Waals surface area contributed by atoms with Crippen molar-refractivity contribution in [2.75, 3.05) is 6.61 Å². The van der Waals surface area contributed by atoms with Crippen molar-refractivity contribution in [3.8, 4) is 11.4 Å². The summed E-state index contributed by atoms with van der Waals surface area (Å²) in [5.74, 6) is -0.338. The van der Waals surface area contributed by atoms with Gasteiger partial charge in [-0.25, -0.2) is 14.2 Å². The minimum absolute atomic E-state index is 0.216. The maximum absolute atomic E-state index is 13.6. The molecule has 5 rings (SSSR count). The number of ether oxygens (including phenoxy) is 1. The molecule has 0 amide bonds. The predicted octanol–water partition coefficient (Wildman–Crippen LogP) is 2.59. The summed E-state index contributed by atoms with van der Waals surface area (Å²) in [6, 6.07) is 16.2. The van der Waals surface area contributed by atoms with Crippen molar-refractivity contribution in [3.05, 3.63) is 81.0 Å². The predicted molar refractivity (Wildman–Crippen MR) is 122 cm³/mol. The summed E-state index contributed by atoms with van der Waals surface area (Å²) in [4.78, 5) is 44.0. The Labute approximate surface area is 187 Å². The number of rotatable bonds is 4. The zero-order valence-electron chi connectivity index (χ0n) is 17.5. The number of hydrogen-bond acceptors (Lipinski definition) is 6. The lowest BCUT2D eigenvalue weighted by Gasteiger charge is -2.13. The van der Waals surface area contributed by atoms with Crippen molar-refractivity contribution >= 4 is 28.6 Å². The molecule has 1 aliphatic rings.